The molecule has 3 aliphatic heterocycles. The number of allylic oxidation sites excluding steroid dienone is 6. The number of nitrogens with zero attached hydrogens (tertiary/aromatic N) is 3. The zero-order valence-corrected chi connectivity index (χ0v) is 62.1. The third-order valence-electron chi connectivity index (χ3n) is 17.4. The van der Waals surface area contributed by atoms with Crippen molar-refractivity contribution in [2.75, 3.05) is 231 Å². The summed E-state index contributed by atoms with van der Waals surface area (Å²) in [4.78, 5) is 42.0. The minimum absolute atomic E-state index is 0.00696. The van der Waals surface area contributed by atoms with Gasteiger partial charge in [0.25, 0.3) is 21.9 Å². The van der Waals surface area contributed by atoms with Crippen molar-refractivity contribution in [2.45, 2.75) is 66.6 Å². The molecule has 104 heavy (non-hydrogen) atoms. The standard InChI is InChI=1S/C73H103N3O26S2/c1-72(22-27-90-38-43-98-50-47-94-34-31-86-3)65(74(24-29-92-40-45-100-52-49-96-36-33-88-5)63-17-11-57-55-59(103(80,81)82)13-15-61(57)70(63)72)9-7-6-8-10-66-73(2,23-28-91-39-44-99-51-48-95-35-32-87-4)71-62-16-14-60(104(83,84)85)56-58(62)12-18-64(71)75(66)25-30-93-41-46-101-54-53-97-42-37-89-26-21-69(79)102-76-67(77)19-20-68(76)78/h6-18,55-56H,19-54H2,1-5H3,(H-,80,81,82,83,84,85). The van der Waals surface area contributed by atoms with Crippen LogP contribution in [-0.4, -0.2) is 285 Å². The van der Waals surface area contributed by atoms with Gasteiger partial charge in [-0.2, -0.15) is 13.0 Å². The molecule has 29 nitrogen and oxygen atoms in total. The Balaban J connectivity index is 1.13. The number of ether oxygens (including phenoxy) is 16. The van der Waals surface area contributed by atoms with Crippen LogP contribution < -0.4 is 4.90 Å². The fraction of sp³-hybridized carbons (Fsp3) is 0.589. The molecule has 0 spiro atoms. The number of methoxy groups -OCH3 is 3. The number of benzene rings is 4. The molecule has 0 saturated carbocycles. The molecule has 1 saturated heterocycles. The minimum Gasteiger partial charge on any atom is -0.744 e. The smallest absolute Gasteiger partial charge is 0.335 e. The molecule has 7 rings (SSSR count). The predicted octanol–water partition coefficient (Wildman–Crippen LogP) is 6.21. The molecule has 0 aromatic heterocycles. The van der Waals surface area contributed by atoms with E-state index < -0.39 is 48.8 Å². The van der Waals surface area contributed by atoms with Gasteiger partial charge < -0.3 is 90.1 Å². The lowest BCUT2D eigenvalue weighted by atomic mass is 9.75. The zero-order valence-electron chi connectivity index (χ0n) is 60.4. The van der Waals surface area contributed by atoms with E-state index in [9.17, 15) is 40.3 Å². The average molecular weight is 1500 g/mol. The molecule has 3 heterocycles. The second kappa shape index (κ2) is 45.5. The van der Waals surface area contributed by atoms with Gasteiger partial charge in [0.15, 0.2) is 12.3 Å². The molecule has 0 aliphatic carbocycles. The Bertz CT molecular complexity index is 3690. The first-order chi connectivity index (χ1) is 50.4. The third kappa shape index (κ3) is 26.4. The summed E-state index contributed by atoms with van der Waals surface area (Å²) in [5.74, 6) is -1.86. The Morgan fingerprint density at radius 1 is 0.500 bits per heavy atom. The van der Waals surface area contributed by atoms with Crippen molar-refractivity contribution in [1.29, 1.82) is 0 Å². The summed E-state index contributed by atoms with van der Waals surface area (Å²) in [5, 5.41) is 3.23. The van der Waals surface area contributed by atoms with Gasteiger partial charge in [-0.05, 0) is 96.3 Å². The van der Waals surface area contributed by atoms with Gasteiger partial charge in [-0.3, -0.25) is 14.1 Å². The monoisotopic (exact) mass is 1500 g/mol. The van der Waals surface area contributed by atoms with E-state index >= 15 is 0 Å². The van der Waals surface area contributed by atoms with E-state index in [1.54, 1.807) is 33.5 Å². The van der Waals surface area contributed by atoms with Crippen LogP contribution in [-0.2, 0) is 126 Å². The Labute approximate surface area is 609 Å². The second-order valence-electron chi connectivity index (χ2n) is 24.5. The molecule has 0 bridgehead atoms. The number of anilines is 1. The molecule has 4 aromatic rings. The lowest BCUT2D eigenvalue weighted by Crippen LogP contribution is -2.33. The van der Waals surface area contributed by atoms with E-state index in [2.05, 4.69) is 35.5 Å². The molecule has 4 aromatic carbocycles. The first-order valence-corrected chi connectivity index (χ1v) is 37.8. The lowest BCUT2D eigenvalue weighted by molar-refractivity contribution is -0.442. The first-order valence-electron chi connectivity index (χ1n) is 35.0. The van der Waals surface area contributed by atoms with E-state index in [4.69, 9.17) is 80.6 Å². The number of imide groups is 1. The third-order valence-corrected chi connectivity index (χ3v) is 19.0. The number of hydrogen-bond acceptors (Lipinski definition) is 26. The molecular formula is C73H103N3O26S2. The van der Waals surface area contributed by atoms with Crippen LogP contribution in [0.15, 0.2) is 107 Å². The summed E-state index contributed by atoms with van der Waals surface area (Å²) in [6.07, 6.45) is 10.8. The highest BCUT2D eigenvalue weighted by Gasteiger charge is 2.49. The number of rotatable bonds is 57. The Kier molecular flexibility index (Phi) is 37.3. The van der Waals surface area contributed by atoms with Gasteiger partial charge in [-0.15, -0.1) is 5.06 Å². The van der Waals surface area contributed by atoms with Gasteiger partial charge in [0, 0.05) is 88.4 Å². The largest absolute Gasteiger partial charge is 0.744 e. The van der Waals surface area contributed by atoms with Gasteiger partial charge in [-0.25, -0.2) is 13.2 Å². The quantitative estimate of drug-likeness (QED) is 0.0169. The van der Waals surface area contributed by atoms with Crippen molar-refractivity contribution >= 4 is 76.7 Å². The molecule has 2 unspecified atom stereocenters. The number of carbonyl (C=O) groups is 3. The fourth-order valence-electron chi connectivity index (χ4n) is 12.2. The second-order valence-corrected chi connectivity index (χ2v) is 27.3. The molecule has 1 N–H and O–H groups in total. The van der Waals surface area contributed by atoms with Gasteiger partial charge >= 0.3 is 5.97 Å². The molecule has 31 heteroatoms. The number of fused-ring (bicyclic) bond motifs is 6. The lowest BCUT2D eigenvalue weighted by Gasteiger charge is -2.31. The minimum atomic E-state index is -4.79. The van der Waals surface area contributed by atoms with Gasteiger partial charge in [0.2, 0.25) is 5.69 Å². The number of amides is 2. The zero-order chi connectivity index (χ0) is 74.5. The van der Waals surface area contributed by atoms with Crippen LogP contribution >= 0.6 is 0 Å². The van der Waals surface area contributed by atoms with Crippen LogP contribution in [0.4, 0.5) is 11.4 Å². The van der Waals surface area contributed by atoms with Crippen molar-refractivity contribution in [2.24, 2.45) is 0 Å². The average Bonchev–Trinajstić information content (AvgIpc) is 1.56. The molecule has 2 atom stereocenters. The van der Waals surface area contributed by atoms with Crippen LogP contribution in [0.5, 0.6) is 0 Å². The van der Waals surface area contributed by atoms with Gasteiger partial charge in [-0.1, -0.05) is 36.4 Å². The Morgan fingerprint density at radius 2 is 0.923 bits per heavy atom. The number of hydrogen-bond donors (Lipinski definition) is 1. The summed E-state index contributed by atoms with van der Waals surface area (Å²) >= 11 is 0. The Hall–Kier alpha value is -6.12. The maximum Gasteiger partial charge on any atom is 0.335 e. The van der Waals surface area contributed by atoms with E-state index in [1.807, 2.05) is 42.5 Å². The summed E-state index contributed by atoms with van der Waals surface area (Å²) in [6, 6.07) is 16.6. The SMILES string of the molecule is COCCOCCOCCOCC[N+]1=C(/C=C/C=C/C=C2/N(CCOCCOCCOCCOCCC(=O)ON3C(=O)CCC3=O)c3ccc4cc(S(=O)(=O)[O-])ccc4c3C2(C)CCOCCOCCOCCOC)C(C)(CCOCCOCCOCCOC)c2c1ccc1cc(S(=O)(=O)O)ccc21. The van der Waals surface area contributed by atoms with Crippen LogP contribution in [0.25, 0.3) is 21.5 Å². The van der Waals surface area contributed by atoms with E-state index in [-0.39, 0.29) is 81.9 Å². The highest BCUT2D eigenvalue weighted by molar-refractivity contribution is 7.86. The van der Waals surface area contributed by atoms with E-state index in [0.717, 1.165) is 44.7 Å². The summed E-state index contributed by atoms with van der Waals surface area (Å²) in [6.45, 7) is 15.0. The first kappa shape index (κ1) is 85.1. The Morgan fingerprint density at radius 3 is 1.41 bits per heavy atom. The fourth-order valence-corrected chi connectivity index (χ4v) is 13.2. The molecule has 1 fully saturated rings. The maximum absolute atomic E-state index is 12.5. The van der Waals surface area contributed by atoms with Gasteiger partial charge in [0.05, 0.1) is 193 Å². The van der Waals surface area contributed by atoms with Crippen LogP contribution in [0.2, 0.25) is 0 Å². The van der Waals surface area contributed by atoms with Crippen LogP contribution in [0, 0.1) is 0 Å². The van der Waals surface area contributed by atoms with Crippen molar-refractivity contribution in [3.8, 4) is 0 Å². The highest BCUT2D eigenvalue weighted by atomic mass is 32.2. The maximum atomic E-state index is 12.5. The normalized spacial score (nSPS) is 17.5. The molecule has 2 amide bonds. The highest BCUT2D eigenvalue weighted by Crippen LogP contribution is 2.53. The van der Waals surface area contributed by atoms with Crippen molar-refractivity contribution in [1.82, 2.24) is 5.06 Å². The van der Waals surface area contributed by atoms with Crippen molar-refractivity contribution < 1.29 is 126 Å². The molecule has 3 aliphatic rings. The molecule has 578 valence electrons. The summed E-state index contributed by atoms with van der Waals surface area (Å²) < 4.78 is 166. The van der Waals surface area contributed by atoms with Crippen molar-refractivity contribution in [3.05, 3.63) is 108 Å². The molecular weight excluding hydrogens is 1400 g/mol. The molecule has 0 radical (unpaired) electrons. The van der Waals surface area contributed by atoms with E-state index in [1.165, 1.54) is 24.3 Å². The topological polar surface area (TPSA) is 329 Å². The number of hydroxylamine groups is 2. The van der Waals surface area contributed by atoms with E-state index in [0.29, 0.717) is 181 Å². The summed E-state index contributed by atoms with van der Waals surface area (Å²) in [5.41, 5.74) is 3.84. The van der Waals surface area contributed by atoms with Gasteiger partial charge in [0.1, 0.15) is 16.7 Å². The van der Waals surface area contributed by atoms with Crippen molar-refractivity contribution in [3.63, 3.8) is 0 Å². The number of carbonyl (C=O) groups excluding carboxylic acids is 3. The van der Waals surface area contributed by atoms with Crippen LogP contribution in [0.1, 0.15) is 57.1 Å². The van der Waals surface area contributed by atoms with Crippen LogP contribution in [0.3, 0.4) is 0 Å². The summed E-state index contributed by atoms with van der Waals surface area (Å²) in [7, 11) is -4.48. The predicted molar refractivity (Wildman–Crippen MR) is 381 cm³/mol.